The van der Waals surface area contributed by atoms with Crippen molar-refractivity contribution in [1.82, 2.24) is 40.1 Å². The third-order valence-corrected chi connectivity index (χ3v) is 11.2. The van der Waals surface area contributed by atoms with E-state index < -0.39 is 19.1 Å². The van der Waals surface area contributed by atoms with Gasteiger partial charge in [0.1, 0.15) is 31.3 Å². The number of likely N-dealkylation sites (N-methyl/N-ethyl adjacent to an activating group) is 1. The molecule has 1 fully saturated rings. The number of thiophene rings is 1. The highest BCUT2D eigenvalue weighted by molar-refractivity contribution is 7.16. The molecule has 54 heavy (non-hydrogen) atoms. The fraction of sp³-hybridized carbons (Fsp3) is 0.444. The lowest BCUT2D eigenvalue weighted by Gasteiger charge is -2.33. The molecule has 2 aliphatic rings. The van der Waals surface area contributed by atoms with Crippen LogP contribution in [0.25, 0.3) is 22.2 Å². The molecule has 1 aromatic carbocycles. The average Bonchev–Trinajstić information content (AvgIpc) is 3.91. The molecule has 0 spiro atoms. The maximum atomic E-state index is 12.9. The predicted molar refractivity (Wildman–Crippen MR) is 206 cm³/mol. The van der Waals surface area contributed by atoms with Crippen molar-refractivity contribution in [2.75, 3.05) is 71.4 Å². The van der Waals surface area contributed by atoms with Crippen LogP contribution in [0.3, 0.4) is 0 Å². The van der Waals surface area contributed by atoms with E-state index >= 15 is 0 Å². The van der Waals surface area contributed by atoms with Crippen LogP contribution < -0.4 is 15.5 Å². The fourth-order valence-corrected chi connectivity index (χ4v) is 7.90. The molecule has 0 radical (unpaired) electrons. The Bertz CT molecular complexity index is 2010. The number of halogens is 2. The molecule has 2 aliphatic heterocycles. The number of aliphatic hydroxyl groups excluding tert-OH is 3. The third-order valence-electron chi connectivity index (χ3n) is 9.23. The second-order valence-electron chi connectivity index (χ2n) is 13.4. The lowest BCUT2D eigenvalue weighted by atomic mass is 9.99. The average molecular weight is 801 g/mol. The summed E-state index contributed by atoms with van der Waals surface area (Å²) in [6.07, 6.45) is 5.38. The molecule has 3 amide bonds. The zero-order chi connectivity index (χ0) is 38.5. The molecule has 0 saturated carbocycles. The second-order valence-corrected chi connectivity index (χ2v) is 15.3. The van der Waals surface area contributed by atoms with E-state index in [0.29, 0.717) is 72.4 Å². The first-order valence-electron chi connectivity index (χ1n) is 17.5. The highest BCUT2D eigenvalue weighted by Gasteiger charge is 2.29. The first-order chi connectivity index (χ1) is 25.9. The van der Waals surface area contributed by atoms with Crippen LogP contribution in [0, 0.1) is 12.3 Å². The summed E-state index contributed by atoms with van der Waals surface area (Å²) in [6, 6.07) is 8.56. The molecule has 6 N–H and O–H groups in total. The molecule has 18 heteroatoms. The van der Waals surface area contributed by atoms with Crippen molar-refractivity contribution >= 4 is 68.2 Å². The van der Waals surface area contributed by atoms with Gasteiger partial charge in [0.25, 0.3) is 0 Å². The van der Waals surface area contributed by atoms with Crippen LogP contribution in [-0.2, 0) is 40.3 Å². The van der Waals surface area contributed by atoms with Gasteiger partial charge < -0.3 is 39.9 Å². The zero-order valence-electron chi connectivity index (χ0n) is 29.9. The number of anilines is 1. The Hall–Kier alpha value is -4.02. The molecule has 0 bridgehead atoms. The van der Waals surface area contributed by atoms with Gasteiger partial charge in [-0.2, -0.15) is 5.10 Å². The van der Waals surface area contributed by atoms with Gasteiger partial charge in [-0.1, -0.05) is 29.3 Å². The first kappa shape index (κ1) is 39.7. The highest BCUT2D eigenvalue weighted by Crippen LogP contribution is 2.41. The van der Waals surface area contributed by atoms with Crippen molar-refractivity contribution < 1.29 is 29.7 Å². The molecule has 2 unspecified atom stereocenters. The SMILES string of the molecule is CN(C)C/C=C/C(=O)N1CCN(c2ccc(CCNC(O)CNC(O)Cn3c#cc(-c4cc(Cl)c(Cl)c5[nH]c6c(c45)CN(C(=O)CO)CC6)n3)s2)C(=O)C1. The number of hydrogen-bond acceptors (Lipinski definition) is 11. The number of fused-ring (bicyclic) bond motifs is 3. The molecule has 288 valence electrons. The van der Waals surface area contributed by atoms with E-state index in [1.165, 1.54) is 22.1 Å². The van der Waals surface area contributed by atoms with Gasteiger partial charge in [0.05, 0.1) is 27.1 Å². The second kappa shape index (κ2) is 17.6. The largest absolute Gasteiger partial charge is 0.387 e. The van der Waals surface area contributed by atoms with Crippen LogP contribution in [0.5, 0.6) is 0 Å². The normalized spacial score (nSPS) is 16.1. The fourth-order valence-electron chi connectivity index (χ4n) is 6.45. The Labute approximate surface area is 326 Å². The van der Waals surface area contributed by atoms with Gasteiger partial charge >= 0.3 is 0 Å². The van der Waals surface area contributed by atoms with Gasteiger partial charge in [0.2, 0.25) is 17.7 Å². The van der Waals surface area contributed by atoms with Crippen LogP contribution in [0.15, 0.2) is 30.4 Å². The van der Waals surface area contributed by atoms with E-state index in [1.54, 1.807) is 26.8 Å². The summed E-state index contributed by atoms with van der Waals surface area (Å²) in [7, 11) is 3.84. The molecular formula is C36H43Cl2N9O6S. The first-order valence-corrected chi connectivity index (χ1v) is 19.1. The molecule has 15 nitrogen and oxygen atoms in total. The van der Waals surface area contributed by atoms with E-state index in [1.807, 2.05) is 31.1 Å². The minimum absolute atomic E-state index is 0.0178. The number of benzene rings is 1. The topological polar surface area (TPSA) is 183 Å². The summed E-state index contributed by atoms with van der Waals surface area (Å²) < 4.78 is 1.40. The van der Waals surface area contributed by atoms with Crippen molar-refractivity contribution in [1.29, 1.82) is 0 Å². The minimum atomic E-state index is -1.06. The standard InChI is InChI=1S/C36H43Cl2N9O6S/c1-43(2)11-3-4-30(51)45-14-15-47(31(52)20-45)33-6-5-22(54-33)7-10-39-28(49)17-40-29(50)19-46-13-9-27(42-46)23-16-25(37)35(38)36-34(23)24-18-44(32(53)21-48)12-8-26(24)41-36/h3-6,16,28-29,39-41,48-50H,7-8,10-12,14-15,17-21H2,1-2H3/b4-3+. The molecule has 1 saturated heterocycles. The number of piperazine rings is 1. The zero-order valence-corrected chi connectivity index (χ0v) is 32.3. The highest BCUT2D eigenvalue weighted by atomic mass is 35.5. The van der Waals surface area contributed by atoms with Crippen LogP contribution in [0.1, 0.15) is 16.1 Å². The van der Waals surface area contributed by atoms with Crippen LogP contribution in [0.4, 0.5) is 5.00 Å². The molecule has 6 rings (SSSR count). The van der Waals surface area contributed by atoms with Gasteiger partial charge in [-0.05, 0) is 44.8 Å². The van der Waals surface area contributed by atoms with Crippen molar-refractivity contribution in [2.24, 2.45) is 0 Å². The van der Waals surface area contributed by atoms with Gasteiger partial charge in [-0.15, -0.1) is 11.3 Å². The molecule has 3 aromatic heterocycles. The smallest absolute Gasteiger partial charge is 0.248 e. The number of amides is 3. The third kappa shape index (κ3) is 9.25. The minimum Gasteiger partial charge on any atom is -0.387 e. The Morgan fingerprint density at radius 3 is 2.70 bits per heavy atom. The molecule has 4 aromatic rings. The lowest BCUT2D eigenvalue weighted by Crippen LogP contribution is -2.51. The number of nitrogens with one attached hydrogen (secondary N) is 3. The summed E-state index contributed by atoms with van der Waals surface area (Å²) in [5.41, 5.74) is 3.46. The number of aromatic nitrogens is 3. The number of H-pyrrole nitrogens is 1. The van der Waals surface area contributed by atoms with Crippen LogP contribution >= 0.6 is 34.5 Å². The number of hydrogen-bond donors (Lipinski definition) is 6. The van der Waals surface area contributed by atoms with Gasteiger partial charge in [0, 0.05) is 91.6 Å². The van der Waals surface area contributed by atoms with E-state index in [9.17, 15) is 29.7 Å². The summed E-state index contributed by atoms with van der Waals surface area (Å²) in [5.74, 6) is -0.653. The van der Waals surface area contributed by atoms with E-state index in [2.05, 4.69) is 33.0 Å². The number of aliphatic hydroxyl groups is 3. The number of carbonyl (C=O) groups is 3. The number of carbonyl (C=O) groups excluding carboxylic acids is 3. The molecule has 5 heterocycles. The quantitative estimate of drug-likeness (QED) is 0.0756. The molecule has 2 atom stereocenters. The summed E-state index contributed by atoms with van der Waals surface area (Å²) >= 11 is 14.6. The lowest BCUT2D eigenvalue weighted by molar-refractivity contribution is -0.135. The van der Waals surface area contributed by atoms with Crippen LogP contribution in [-0.4, -0.2) is 141 Å². The summed E-state index contributed by atoms with van der Waals surface area (Å²) in [6.45, 7) is 2.28. The van der Waals surface area contributed by atoms with E-state index in [-0.39, 0.29) is 43.9 Å². The Morgan fingerprint density at radius 2 is 1.94 bits per heavy atom. The Morgan fingerprint density at radius 1 is 1.13 bits per heavy atom. The molecule has 0 aliphatic carbocycles. The van der Waals surface area contributed by atoms with Crippen molar-refractivity contribution in [3.63, 3.8) is 0 Å². The van der Waals surface area contributed by atoms with E-state index in [0.717, 1.165) is 26.5 Å². The van der Waals surface area contributed by atoms with E-state index in [4.69, 9.17) is 23.2 Å². The Balaban J connectivity index is 0.967. The predicted octanol–water partition coefficient (Wildman–Crippen LogP) is 1.23. The van der Waals surface area contributed by atoms with Crippen molar-refractivity contribution in [3.05, 3.63) is 68.8 Å². The monoisotopic (exact) mass is 799 g/mol. The van der Waals surface area contributed by atoms with Crippen molar-refractivity contribution in [3.8, 4) is 11.3 Å². The molecular weight excluding hydrogens is 757 g/mol. The summed E-state index contributed by atoms with van der Waals surface area (Å²) in [4.78, 5) is 48.8. The Kier molecular flexibility index (Phi) is 12.9. The van der Waals surface area contributed by atoms with Crippen molar-refractivity contribution in [2.45, 2.75) is 38.4 Å². The number of aromatic amines is 1. The van der Waals surface area contributed by atoms with Crippen LogP contribution in [0.2, 0.25) is 10.0 Å². The van der Waals surface area contributed by atoms with Gasteiger partial charge in [-0.25, -0.2) is 4.68 Å². The maximum Gasteiger partial charge on any atom is 0.248 e. The number of nitrogens with zero attached hydrogens (tertiary/aromatic N) is 6. The van der Waals surface area contributed by atoms with Gasteiger partial charge in [0.15, 0.2) is 0 Å². The maximum absolute atomic E-state index is 12.9. The number of rotatable bonds is 15. The van der Waals surface area contributed by atoms with Gasteiger partial charge in [-0.3, -0.25) is 25.0 Å². The summed E-state index contributed by atoms with van der Waals surface area (Å²) in [5, 5.41) is 43.3.